The van der Waals surface area contributed by atoms with Crippen LogP contribution in [0.1, 0.15) is 17.5 Å². The Bertz CT molecular complexity index is 446. The second kappa shape index (κ2) is 6.57. The summed E-state index contributed by atoms with van der Waals surface area (Å²) < 4.78 is 5.38. The average Bonchev–Trinajstić information content (AvgIpc) is 2.61. The highest BCUT2D eigenvalue weighted by atomic mass is 16.5. The topological polar surface area (TPSA) is 41.6 Å². The van der Waals surface area contributed by atoms with Crippen molar-refractivity contribution < 1.29 is 9.53 Å². The zero-order valence-electron chi connectivity index (χ0n) is 11.7. The first kappa shape index (κ1) is 13.9. The van der Waals surface area contributed by atoms with Gasteiger partial charge in [0.15, 0.2) is 0 Å². The summed E-state index contributed by atoms with van der Waals surface area (Å²) in [6, 6.07) is 6.18. The maximum absolute atomic E-state index is 11.9. The molecule has 1 aromatic rings. The van der Waals surface area contributed by atoms with E-state index in [9.17, 15) is 4.79 Å². The number of hydrogen-bond donors (Lipinski definition) is 1. The minimum atomic E-state index is 0.247. The van der Waals surface area contributed by atoms with Crippen LogP contribution >= 0.6 is 0 Å². The Kier molecular flexibility index (Phi) is 4.80. The maximum atomic E-state index is 11.9. The number of nitrogens with zero attached hydrogens (tertiary/aromatic N) is 1. The zero-order valence-corrected chi connectivity index (χ0v) is 11.7. The molecular weight excluding hydrogens is 240 g/mol. The van der Waals surface area contributed by atoms with E-state index in [1.165, 1.54) is 11.1 Å². The van der Waals surface area contributed by atoms with Crippen molar-refractivity contribution >= 4 is 5.91 Å². The first-order valence-corrected chi connectivity index (χ1v) is 6.82. The average molecular weight is 262 g/mol. The molecule has 1 aliphatic heterocycles. The van der Waals surface area contributed by atoms with Crippen LogP contribution in [0.5, 0.6) is 5.75 Å². The number of benzene rings is 1. The van der Waals surface area contributed by atoms with Gasteiger partial charge >= 0.3 is 0 Å². The zero-order chi connectivity index (χ0) is 13.7. The van der Waals surface area contributed by atoms with E-state index in [0.29, 0.717) is 6.42 Å². The number of rotatable bonds is 4. The summed E-state index contributed by atoms with van der Waals surface area (Å²) in [5.41, 5.74) is 2.40. The highest BCUT2D eigenvalue weighted by Gasteiger charge is 2.16. The Morgan fingerprint density at radius 1 is 1.37 bits per heavy atom. The third-order valence-electron chi connectivity index (χ3n) is 3.51. The summed E-state index contributed by atoms with van der Waals surface area (Å²) in [4.78, 5) is 13.9. The molecule has 1 aliphatic rings. The van der Waals surface area contributed by atoms with E-state index in [1.54, 1.807) is 7.11 Å². The molecule has 0 radical (unpaired) electrons. The van der Waals surface area contributed by atoms with Crippen LogP contribution in [0.15, 0.2) is 18.2 Å². The van der Waals surface area contributed by atoms with E-state index >= 15 is 0 Å². The molecule has 0 bridgehead atoms. The predicted molar refractivity (Wildman–Crippen MR) is 75.5 cm³/mol. The van der Waals surface area contributed by atoms with Gasteiger partial charge in [0.2, 0.25) is 5.91 Å². The van der Waals surface area contributed by atoms with Gasteiger partial charge in [-0.05, 0) is 25.0 Å². The van der Waals surface area contributed by atoms with Gasteiger partial charge in [0.05, 0.1) is 7.11 Å². The number of ether oxygens (including phenoxy) is 1. The molecule has 1 fully saturated rings. The molecular formula is C15H22N2O2. The second-order valence-corrected chi connectivity index (χ2v) is 4.95. The predicted octanol–water partition coefficient (Wildman–Crippen LogP) is 1.37. The van der Waals surface area contributed by atoms with Crippen molar-refractivity contribution in [1.29, 1.82) is 0 Å². The first-order chi connectivity index (χ1) is 9.20. The van der Waals surface area contributed by atoms with Crippen molar-refractivity contribution in [2.24, 2.45) is 0 Å². The Morgan fingerprint density at radius 3 is 3.00 bits per heavy atom. The molecule has 1 amide bonds. The minimum absolute atomic E-state index is 0.247. The molecule has 0 spiro atoms. The second-order valence-electron chi connectivity index (χ2n) is 4.95. The van der Waals surface area contributed by atoms with E-state index in [2.05, 4.69) is 18.3 Å². The molecule has 1 aromatic carbocycles. The smallest absolute Gasteiger partial charge is 0.223 e. The van der Waals surface area contributed by atoms with Gasteiger partial charge in [-0.25, -0.2) is 0 Å². The summed E-state index contributed by atoms with van der Waals surface area (Å²) >= 11 is 0. The fourth-order valence-electron chi connectivity index (χ4n) is 2.41. The SMILES string of the molecule is COc1ccc(C)cc1CCN1CCNCCC1=O. The van der Waals surface area contributed by atoms with Crippen LogP contribution in [0, 0.1) is 6.92 Å². The number of nitrogens with one attached hydrogen (secondary N) is 1. The fourth-order valence-corrected chi connectivity index (χ4v) is 2.41. The summed E-state index contributed by atoms with van der Waals surface area (Å²) in [7, 11) is 1.69. The Morgan fingerprint density at radius 2 is 2.21 bits per heavy atom. The largest absolute Gasteiger partial charge is 0.496 e. The van der Waals surface area contributed by atoms with E-state index in [-0.39, 0.29) is 5.91 Å². The Hall–Kier alpha value is -1.55. The lowest BCUT2D eigenvalue weighted by Crippen LogP contribution is -2.34. The van der Waals surface area contributed by atoms with Crippen molar-refractivity contribution in [3.8, 4) is 5.75 Å². The molecule has 0 atom stereocenters. The lowest BCUT2D eigenvalue weighted by Gasteiger charge is -2.20. The van der Waals surface area contributed by atoms with Crippen LogP contribution in [-0.4, -0.2) is 44.1 Å². The molecule has 1 saturated heterocycles. The van der Waals surface area contributed by atoms with Gasteiger partial charge in [0.1, 0.15) is 5.75 Å². The highest BCUT2D eigenvalue weighted by Crippen LogP contribution is 2.20. The molecule has 1 heterocycles. The van der Waals surface area contributed by atoms with Gasteiger partial charge in [0, 0.05) is 32.6 Å². The van der Waals surface area contributed by atoms with Gasteiger partial charge < -0.3 is 15.0 Å². The molecule has 0 aliphatic carbocycles. The normalized spacial score (nSPS) is 16.3. The van der Waals surface area contributed by atoms with Crippen molar-refractivity contribution in [1.82, 2.24) is 10.2 Å². The summed E-state index contributed by atoms with van der Waals surface area (Å²) in [5, 5.41) is 3.25. The van der Waals surface area contributed by atoms with Gasteiger partial charge in [-0.1, -0.05) is 17.7 Å². The quantitative estimate of drug-likeness (QED) is 0.891. The summed E-state index contributed by atoms with van der Waals surface area (Å²) in [5.74, 6) is 1.16. The van der Waals surface area contributed by atoms with Crippen LogP contribution in [0.3, 0.4) is 0 Å². The number of aryl methyl sites for hydroxylation is 1. The minimum Gasteiger partial charge on any atom is -0.496 e. The highest BCUT2D eigenvalue weighted by molar-refractivity contribution is 5.76. The molecule has 19 heavy (non-hydrogen) atoms. The lowest BCUT2D eigenvalue weighted by molar-refractivity contribution is -0.130. The number of methoxy groups -OCH3 is 1. The number of hydrogen-bond acceptors (Lipinski definition) is 3. The molecule has 4 heteroatoms. The van der Waals surface area contributed by atoms with Crippen molar-refractivity contribution in [2.45, 2.75) is 19.8 Å². The maximum Gasteiger partial charge on any atom is 0.223 e. The number of carbonyl (C=O) groups is 1. The van der Waals surface area contributed by atoms with Gasteiger partial charge in [-0.3, -0.25) is 4.79 Å². The van der Waals surface area contributed by atoms with Crippen LogP contribution < -0.4 is 10.1 Å². The lowest BCUT2D eigenvalue weighted by atomic mass is 10.1. The molecule has 0 aromatic heterocycles. The Labute approximate surface area is 114 Å². The Balaban J connectivity index is 2.01. The van der Waals surface area contributed by atoms with Crippen molar-refractivity contribution in [3.05, 3.63) is 29.3 Å². The van der Waals surface area contributed by atoms with Crippen molar-refractivity contribution in [2.75, 3.05) is 33.3 Å². The van der Waals surface area contributed by atoms with Gasteiger partial charge in [-0.15, -0.1) is 0 Å². The molecule has 4 nitrogen and oxygen atoms in total. The monoisotopic (exact) mass is 262 g/mol. The van der Waals surface area contributed by atoms with E-state index in [0.717, 1.165) is 38.3 Å². The van der Waals surface area contributed by atoms with E-state index in [1.807, 2.05) is 17.0 Å². The molecule has 0 unspecified atom stereocenters. The molecule has 1 N–H and O–H groups in total. The van der Waals surface area contributed by atoms with Gasteiger partial charge in [0.25, 0.3) is 0 Å². The van der Waals surface area contributed by atoms with E-state index in [4.69, 9.17) is 4.74 Å². The number of carbonyl (C=O) groups excluding carboxylic acids is 1. The third kappa shape index (κ3) is 3.70. The van der Waals surface area contributed by atoms with Crippen molar-refractivity contribution in [3.63, 3.8) is 0 Å². The van der Waals surface area contributed by atoms with E-state index < -0.39 is 0 Å². The summed E-state index contributed by atoms with van der Waals surface area (Å²) in [6.07, 6.45) is 1.45. The standard InChI is InChI=1S/C15H22N2O2/c1-12-3-4-14(19-2)13(11-12)6-9-17-10-8-16-7-5-15(17)18/h3-4,11,16H,5-10H2,1-2H3. The fraction of sp³-hybridized carbons (Fsp3) is 0.533. The third-order valence-corrected chi connectivity index (χ3v) is 3.51. The summed E-state index contributed by atoms with van der Waals surface area (Å²) in [6.45, 7) is 5.32. The van der Waals surface area contributed by atoms with Crippen LogP contribution in [0.2, 0.25) is 0 Å². The number of amides is 1. The van der Waals surface area contributed by atoms with Crippen LogP contribution in [0.4, 0.5) is 0 Å². The molecule has 104 valence electrons. The van der Waals surface area contributed by atoms with Crippen LogP contribution in [0.25, 0.3) is 0 Å². The van der Waals surface area contributed by atoms with Crippen LogP contribution in [-0.2, 0) is 11.2 Å². The first-order valence-electron chi connectivity index (χ1n) is 6.82. The molecule has 2 rings (SSSR count). The molecule has 0 saturated carbocycles. The van der Waals surface area contributed by atoms with Gasteiger partial charge in [-0.2, -0.15) is 0 Å².